The minimum absolute atomic E-state index is 0.0109. The molecule has 1 aliphatic heterocycles. The van der Waals surface area contributed by atoms with Gasteiger partial charge in [-0.3, -0.25) is 9.69 Å². The number of rotatable bonds is 5. The lowest BCUT2D eigenvalue weighted by atomic mass is 10.1. The zero-order valence-corrected chi connectivity index (χ0v) is 13.2. The van der Waals surface area contributed by atoms with Gasteiger partial charge < -0.3 is 10.3 Å². The van der Waals surface area contributed by atoms with E-state index in [4.69, 9.17) is 0 Å². The number of aromatic amines is 1. The maximum absolute atomic E-state index is 12.1. The SMILES string of the molecule is CCCN(Cc1nc2ccsc2c(=O)[nH]1)C1CCCNC1. The lowest BCUT2D eigenvalue weighted by molar-refractivity contribution is 0.154. The van der Waals surface area contributed by atoms with E-state index < -0.39 is 0 Å². The number of thiophene rings is 1. The van der Waals surface area contributed by atoms with Crippen molar-refractivity contribution >= 4 is 21.6 Å². The molecule has 2 aromatic rings. The first-order valence-corrected chi connectivity index (χ1v) is 8.57. The van der Waals surface area contributed by atoms with Gasteiger partial charge in [0, 0.05) is 12.6 Å². The van der Waals surface area contributed by atoms with Crippen LogP contribution in [0.15, 0.2) is 16.2 Å². The molecular weight excluding hydrogens is 284 g/mol. The number of aromatic nitrogens is 2. The van der Waals surface area contributed by atoms with Gasteiger partial charge in [0.2, 0.25) is 0 Å². The van der Waals surface area contributed by atoms with E-state index in [2.05, 4.69) is 27.1 Å². The van der Waals surface area contributed by atoms with Crippen LogP contribution in [0.1, 0.15) is 32.0 Å². The molecule has 1 saturated heterocycles. The number of nitrogens with zero attached hydrogens (tertiary/aromatic N) is 2. The van der Waals surface area contributed by atoms with Crippen molar-refractivity contribution in [1.29, 1.82) is 0 Å². The first-order chi connectivity index (χ1) is 10.3. The highest BCUT2D eigenvalue weighted by Gasteiger charge is 2.21. The smallest absolute Gasteiger partial charge is 0.268 e. The maximum atomic E-state index is 12.1. The molecule has 114 valence electrons. The predicted octanol–water partition coefficient (Wildman–Crippen LogP) is 1.95. The minimum Gasteiger partial charge on any atom is -0.315 e. The topological polar surface area (TPSA) is 61.0 Å². The van der Waals surface area contributed by atoms with Crippen molar-refractivity contribution in [1.82, 2.24) is 20.2 Å². The molecule has 1 fully saturated rings. The van der Waals surface area contributed by atoms with Crippen molar-refractivity contribution in [3.63, 3.8) is 0 Å². The summed E-state index contributed by atoms with van der Waals surface area (Å²) in [6, 6.07) is 2.47. The van der Waals surface area contributed by atoms with E-state index in [1.807, 2.05) is 11.4 Å². The van der Waals surface area contributed by atoms with Gasteiger partial charge in [-0.15, -0.1) is 11.3 Å². The summed E-state index contributed by atoms with van der Waals surface area (Å²) in [6.07, 6.45) is 3.55. The summed E-state index contributed by atoms with van der Waals surface area (Å²) in [5, 5.41) is 5.39. The first kappa shape index (κ1) is 14.7. The summed E-state index contributed by atoms with van der Waals surface area (Å²) >= 11 is 1.45. The van der Waals surface area contributed by atoms with Crippen LogP contribution in [0.4, 0.5) is 0 Å². The van der Waals surface area contributed by atoms with Crippen LogP contribution in [-0.4, -0.2) is 40.5 Å². The molecule has 1 unspecified atom stereocenters. The number of nitrogens with one attached hydrogen (secondary N) is 2. The average molecular weight is 306 g/mol. The van der Waals surface area contributed by atoms with Crippen molar-refractivity contribution in [3.8, 4) is 0 Å². The zero-order valence-electron chi connectivity index (χ0n) is 12.4. The van der Waals surface area contributed by atoms with Gasteiger partial charge in [-0.25, -0.2) is 4.98 Å². The molecule has 0 aliphatic carbocycles. The van der Waals surface area contributed by atoms with Crippen LogP contribution in [-0.2, 0) is 6.54 Å². The largest absolute Gasteiger partial charge is 0.315 e. The fourth-order valence-corrected chi connectivity index (χ4v) is 3.74. The van der Waals surface area contributed by atoms with Crippen LogP contribution in [0.5, 0.6) is 0 Å². The fraction of sp³-hybridized carbons (Fsp3) is 0.600. The van der Waals surface area contributed by atoms with Gasteiger partial charge >= 0.3 is 0 Å². The second kappa shape index (κ2) is 6.68. The van der Waals surface area contributed by atoms with Crippen molar-refractivity contribution in [2.24, 2.45) is 0 Å². The number of piperidine rings is 1. The third kappa shape index (κ3) is 3.33. The average Bonchev–Trinajstić information content (AvgIpc) is 2.97. The van der Waals surface area contributed by atoms with Gasteiger partial charge in [-0.1, -0.05) is 6.92 Å². The highest BCUT2D eigenvalue weighted by Crippen LogP contribution is 2.16. The quantitative estimate of drug-likeness (QED) is 0.886. The highest BCUT2D eigenvalue weighted by atomic mass is 32.1. The van der Waals surface area contributed by atoms with Crippen LogP contribution in [0.2, 0.25) is 0 Å². The van der Waals surface area contributed by atoms with E-state index in [-0.39, 0.29) is 5.56 Å². The molecule has 2 aromatic heterocycles. The Balaban J connectivity index is 1.81. The molecule has 2 N–H and O–H groups in total. The van der Waals surface area contributed by atoms with Crippen LogP contribution in [0, 0.1) is 0 Å². The van der Waals surface area contributed by atoms with Gasteiger partial charge in [0.1, 0.15) is 10.5 Å². The van der Waals surface area contributed by atoms with Crippen molar-refractivity contribution in [2.75, 3.05) is 19.6 Å². The lowest BCUT2D eigenvalue weighted by Gasteiger charge is -2.34. The Morgan fingerprint density at radius 1 is 1.52 bits per heavy atom. The highest BCUT2D eigenvalue weighted by molar-refractivity contribution is 7.17. The van der Waals surface area contributed by atoms with E-state index in [0.717, 1.165) is 48.6 Å². The second-order valence-electron chi connectivity index (χ2n) is 5.62. The molecule has 0 aromatic carbocycles. The predicted molar refractivity (Wildman–Crippen MR) is 86.8 cm³/mol. The summed E-state index contributed by atoms with van der Waals surface area (Å²) in [5.41, 5.74) is 0.806. The number of H-pyrrole nitrogens is 1. The number of hydrogen-bond acceptors (Lipinski definition) is 5. The summed E-state index contributed by atoms with van der Waals surface area (Å²) < 4.78 is 0.722. The first-order valence-electron chi connectivity index (χ1n) is 7.69. The third-order valence-corrected chi connectivity index (χ3v) is 4.92. The Kier molecular flexibility index (Phi) is 4.67. The lowest BCUT2D eigenvalue weighted by Crippen LogP contribution is -2.46. The molecule has 0 spiro atoms. The van der Waals surface area contributed by atoms with Gasteiger partial charge in [0.15, 0.2) is 0 Å². The summed E-state index contributed by atoms with van der Waals surface area (Å²) in [4.78, 5) is 22.1. The van der Waals surface area contributed by atoms with E-state index >= 15 is 0 Å². The van der Waals surface area contributed by atoms with Gasteiger partial charge in [-0.2, -0.15) is 0 Å². The minimum atomic E-state index is -0.0109. The number of hydrogen-bond donors (Lipinski definition) is 2. The Morgan fingerprint density at radius 3 is 3.19 bits per heavy atom. The van der Waals surface area contributed by atoms with Crippen molar-refractivity contribution in [3.05, 3.63) is 27.6 Å². The molecule has 1 atom stereocenters. The van der Waals surface area contributed by atoms with Crippen LogP contribution in [0.3, 0.4) is 0 Å². The van der Waals surface area contributed by atoms with Gasteiger partial charge in [0.25, 0.3) is 5.56 Å². The fourth-order valence-electron chi connectivity index (χ4n) is 3.01. The third-order valence-electron chi connectivity index (χ3n) is 4.01. The molecule has 3 rings (SSSR count). The Hall–Kier alpha value is -1.24. The molecule has 6 heteroatoms. The second-order valence-corrected chi connectivity index (χ2v) is 6.53. The Morgan fingerprint density at radius 2 is 2.43 bits per heavy atom. The monoisotopic (exact) mass is 306 g/mol. The van der Waals surface area contributed by atoms with Crippen molar-refractivity contribution < 1.29 is 0 Å². The van der Waals surface area contributed by atoms with Crippen molar-refractivity contribution in [2.45, 2.75) is 38.8 Å². The van der Waals surface area contributed by atoms with E-state index in [9.17, 15) is 4.79 Å². The standard InChI is InChI=1S/C15H22N4OS/c1-2-7-19(11-4-3-6-16-9-11)10-13-17-12-5-8-21-14(12)15(20)18-13/h5,8,11,16H,2-4,6-7,9-10H2,1H3,(H,17,18,20). The molecule has 0 radical (unpaired) electrons. The maximum Gasteiger partial charge on any atom is 0.268 e. The van der Waals surface area contributed by atoms with Gasteiger partial charge in [-0.05, 0) is 43.8 Å². The van der Waals surface area contributed by atoms with E-state index in [1.54, 1.807) is 0 Å². The summed E-state index contributed by atoms with van der Waals surface area (Å²) in [6.45, 7) is 6.11. The van der Waals surface area contributed by atoms with Crippen LogP contribution in [0.25, 0.3) is 10.2 Å². The zero-order chi connectivity index (χ0) is 14.7. The Bertz CT molecular complexity index is 644. The van der Waals surface area contributed by atoms with Crippen LogP contribution >= 0.6 is 11.3 Å². The molecule has 5 nitrogen and oxygen atoms in total. The van der Waals surface area contributed by atoms with E-state index in [0.29, 0.717) is 6.04 Å². The molecule has 1 aliphatic rings. The number of fused-ring (bicyclic) bond motifs is 1. The summed E-state index contributed by atoms with van der Waals surface area (Å²) in [7, 11) is 0. The molecule has 0 amide bonds. The van der Waals surface area contributed by atoms with Gasteiger partial charge in [0.05, 0.1) is 12.1 Å². The normalized spacial score (nSPS) is 19.4. The molecule has 0 saturated carbocycles. The van der Waals surface area contributed by atoms with Crippen LogP contribution < -0.4 is 10.9 Å². The Labute approximate surface area is 128 Å². The molecule has 21 heavy (non-hydrogen) atoms. The summed E-state index contributed by atoms with van der Waals surface area (Å²) in [5.74, 6) is 0.782. The molecule has 0 bridgehead atoms. The van der Waals surface area contributed by atoms with E-state index in [1.165, 1.54) is 24.2 Å². The molecule has 3 heterocycles. The molecular formula is C15H22N4OS.